The molecule has 0 aliphatic carbocycles. The highest BCUT2D eigenvalue weighted by Gasteiger charge is 2.21. The Hall–Kier alpha value is -4.32. The van der Waals surface area contributed by atoms with Gasteiger partial charge in [0, 0.05) is 19.6 Å². The lowest BCUT2D eigenvalue weighted by Crippen LogP contribution is -2.33. The number of carbonyl (C=O) groups is 4. The number of thiophene rings is 1. The number of benzene rings is 1. The summed E-state index contributed by atoms with van der Waals surface area (Å²) in [5.41, 5.74) is 13.7. The van der Waals surface area contributed by atoms with E-state index in [0.717, 1.165) is 28.0 Å². The third-order valence-electron chi connectivity index (χ3n) is 5.71. The van der Waals surface area contributed by atoms with E-state index in [1.54, 1.807) is 10.3 Å². The van der Waals surface area contributed by atoms with E-state index in [0.29, 0.717) is 42.5 Å². The van der Waals surface area contributed by atoms with Crippen molar-refractivity contribution in [2.75, 3.05) is 6.54 Å². The first-order valence-electron chi connectivity index (χ1n) is 10.6. The van der Waals surface area contributed by atoms with Crippen LogP contribution in [0.1, 0.15) is 32.9 Å². The highest BCUT2D eigenvalue weighted by Crippen LogP contribution is 2.24. The van der Waals surface area contributed by atoms with E-state index in [1.165, 1.54) is 0 Å². The van der Waals surface area contributed by atoms with E-state index in [-0.39, 0.29) is 35.6 Å². The van der Waals surface area contributed by atoms with E-state index in [2.05, 4.69) is 15.3 Å². The fraction of sp³-hybridized carbons (Fsp3) is 0.217. The van der Waals surface area contributed by atoms with Crippen LogP contribution in [0.15, 0.2) is 39.8 Å². The highest BCUT2D eigenvalue weighted by atomic mass is 32.1. The van der Waals surface area contributed by atoms with Gasteiger partial charge in [0.15, 0.2) is 12.6 Å². The van der Waals surface area contributed by atoms with E-state index >= 15 is 0 Å². The van der Waals surface area contributed by atoms with Crippen LogP contribution < -0.4 is 22.3 Å². The summed E-state index contributed by atoms with van der Waals surface area (Å²) < 4.78 is 0. The number of fused-ring (bicyclic) bond motifs is 2. The number of nitrogens with zero attached hydrogens (tertiary/aromatic N) is 2. The van der Waals surface area contributed by atoms with Crippen molar-refractivity contribution in [3.8, 4) is 0 Å². The minimum absolute atomic E-state index is 0.0854. The molecule has 4 rings (SSSR count). The first-order valence-corrected chi connectivity index (χ1v) is 11.5. The average molecular weight is 495 g/mol. The zero-order chi connectivity index (χ0) is 25.1. The van der Waals surface area contributed by atoms with Gasteiger partial charge in [0.2, 0.25) is 11.7 Å². The lowest BCUT2D eigenvalue weighted by molar-refractivity contribution is -0.117. The fourth-order valence-corrected chi connectivity index (χ4v) is 4.95. The van der Waals surface area contributed by atoms with Crippen molar-refractivity contribution in [3.05, 3.63) is 73.4 Å². The molecule has 1 aliphatic heterocycles. The smallest absolute Gasteiger partial charge is 0.287 e. The number of aromatic nitrogens is 2. The lowest BCUT2D eigenvalue weighted by atomic mass is 9.97. The van der Waals surface area contributed by atoms with Crippen LogP contribution in [0.2, 0.25) is 0 Å². The van der Waals surface area contributed by atoms with Gasteiger partial charge in [-0.25, -0.2) is 4.98 Å². The Morgan fingerprint density at radius 1 is 1.20 bits per heavy atom. The largest absolute Gasteiger partial charge is 0.394 e. The van der Waals surface area contributed by atoms with Crippen LogP contribution in [0.5, 0.6) is 0 Å². The average Bonchev–Trinajstić information content (AvgIpc) is 3.25. The van der Waals surface area contributed by atoms with E-state index in [4.69, 9.17) is 11.5 Å². The first kappa shape index (κ1) is 23.8. The fourth-order valence-electron chi connectivity index (χ4n) is 4.01. The van der Waals surface area contributed by atoms with Crippen LogP contribution in [0.3, 0.4) is 0 Å². The Morgan fingerprint density at radius 3 is 2.71 bits per heavy atom. The Morgan fingerprint density at radius 2 is 2.00 bits per heavy atom. The van der Waals surface area contributed by atoms with Crippen molar-refractivity contribution < 1.29 is 19.2 Å². The molecule has 180 valence electrons. The summed E-state index contributed by atoms with van der Waals surface area (Å²) in [4.78, 5) is 67.6. The molecule has 1 aliphatic rings. The summed E-state index contributed by atoms with van der Waals surface area (Å²) >= 11 is 1.16. The monoisotopic (exact) mass is 494 g/mol. The molecule has 0 unspecified atom stereocenters. The normalized spacial score (nSPS) is 13.7. The molecular formula is C23H22N6O5S. The van der Waals surface area contributed by atoms with Crippen LogP contribution in [0.25, 0.3) is 10.2 Å². The maximum Gasteiger partial charge on any atom is 0.287 e. The number of nitrogens with two attached hydrogens (primary N) is 2. The quantitative estimate of drug-likeness (QED) is 0.247. The molecule has 0 spiro atoms. The van der Waals surface area contributed by atoms with Crippen LogP contribution in [0.4, 0.5) is 0 Å². The van der Waals surface area contributed by atoms with E-state index in [9.17, 15) is 24.0 Å². The SMILES string of the molecule is NC(=O)Cc1csc2nc(C(=O)NCc3ccc4c(c3)CN(/C(C=O)=C(\N)C=O)CC4)[nH]c(=O)c12. The summed E-state index contributed by atoms with van der Waals surface area (Å²) in [6.07, 6.45) is 1.62. The predicted octanol–water partition coefficient (Wildman–Crippen LogP) is -0.131. The van der Waals surface area contributed by atoms with Gasteiger partial charge in [-0.2, -0.15) is 0 Å². The molecule has 6 N–H and O–H groups in total. The molecule has 1 aromatic carbocycles. The van der Waals surface area contributed by atoms with Gasteiger partial charge < -0.3 is 26.7 Å². The van der Waals surface area contributed by atoms with Crippen molar-refractivity contribution >= 4 is 45.9 Å². The third-order valence-corrected chi connectivity index (χ3v) is 6.63. The van der Waals surface area contributed by atoms with Crippen LogP contribution in [-0.4, -0.2) is 45.8 Å². The number of allylic oxidation sites excluding steroid dienone is 2. The van der Waals surface area contributed by atoms with Gasteiger partial charge >= 0.3 is 0 Å². The van der Waals surface area contributed by atoms with E-state index in [1.807, 2.05) is 18.2 Å². The Kier molecular flexibility index (Phi) is 6.73. The summed E-state index contributed by atoms with van der Waals surface area (Å²) in [6.45, 7) is 1.13. The summed E-state index contributed by atoms with van der Waals surface area (Å²) in [7, 11) is 0. The molecule has 3 aromatic rings. The minimum atomic E-state index is -0.565. The molecule has 0 atom stereocenters. The molecule has 0 saturated carbocycles. The number of hydrogen-bond acceptors (Lipinski definition) is 9. The Balaban J connectivity index is 1.48. The summed E-state index contributed by atoms with van der Waals surface area (Å²) in [5.74, 6) is -1.26. The summed E-state index contributed by atoms with van der Waals surface area (Å²) in [5, 5.41) is 4.62. The molecule has 0 saturated heterocycles. The second-order valence-corrected chi connectivity index (χ2v) is 8.89. The predicted molar refractivity (Wildman–Crippen MR) is 128 cm³/mol. The Bertz CT molecular complexity index is 1440. The number of rotatable bonds is 8. The zero-order valence-corrected chi connectivity index (χ0v) is 19.3. The standard InChI is InChI=1S/C23H22N6O5S/c24-16(9-30)17(10-31)29-4-3-13-2-1-12(5-14(13)8-29)7-26-22(34)20-27-21(33)19-15(6-18(25)32)11-35-23(19)28-20/h1-2,5,9-11H,3-4,6-8,24H2,(H2,25,32)(H,26,34)(H,27,28,33)/b17-16-. The number of nitrogens with one attached hydrogen (secondary N) is 2. The van der Waals surface area contributed by atoms with Crippen molar-refractivity contribution in [3.63, 3.8) is 0 Å². The highest BCUT2D eigenvalue weighted by molar-refractivity contribution is 7.16. The number of H-pyrrole nitrogens is 1. The number of aldehydes is 2. The van der Waals surface area contributed by atoms with Gasteiger partial charge in [0.25, 0.3) is 11.5 Å². The van der Waals surface area contributed by atoms with Gasteiger partial charge in [-0.05, 0) is 34.1 Å². The summed E-state index contributed by atoms with van der Waals surface area (Å²) in [6, 6.07) is 5.76. The second kappa shape index (κ2) is 9.89. The van der Waals surface area contributed by atoms with E-state index < -0.39 is 17.4 Å². The van der Waals surface area contributed by atoms with Crippen LogP contribution in [0, 0.1) is 0 Å². The third kappa shape index (κ3) is 4.96. The Labute approximate surface area is 202 Å². The van der Waals surface area contributed by atoms with Crippen molar-refractivity contribution in [2.24, 2.45) is 11.5 Å². The molecule has 2 amide bonds. The maximum atomic E-state index is 12.7. The number of hydrogen-bond donors (Lipinski definition) is 4. The van der Waals surface area contributed by atoms with Crippen molar-refractivity contribution in [2.45, 2.75) is 25.9 Å². The molecular weight excluding hydrogens is 472 g/mol. The zero-order valence-electron chi connectivity index (χ0n) is 18.5. The molecule has 11 nitrogen and oxygen atoms in total. The van der Waals surface area contributed by atoms with Gasteiger partial charge in [0.05, 0.1) is 17.5 Å². The molecule has 35 heavy (non-hydrogen) atoms. The van der Waals surface area contributed by atoms with Gasteiger partial charge in [-0.3, -0.25) is 24.0 Å². The molecule has 12 heteroatoms. The van der Waals surface area contributed by atoms with Crippen molar-refractivity contribution in [1.29, 1.82) is 0 Å². The van der Waals surface area contributed by atoms with Crippen LogP contribution in [-0.2, 0) is 40.3 Å². The first-order chi connectivity index (χ1) is 16.8. The molecule has 2 aromatic heterocycles. The minimum Gasteiger partial charge on any atom is -0.394 e. The topological polar surface area (TPSA) is 181 Å². The number of carbonyl (C=O) groups excluding carboxylic acids is 4. The van der Waals surface area contributed by atoms with Gasteiger partial charge in [-0.15, -0.1) is 11.3 Å². The lowest BCUT2D eigenvalue weighted by Gasteiger charge is -2.31. The van der Waals surface area contributed by atoms with Crippen LogP contribution >= 0.6 is 11.3 Å². The number of primary amides is 1. The number of aromatic amines is 1. The molecule has 0 fully saturated rings. The molecule has 3 heterocycles. The number of amides is 2. The van der Waals surface area contributed by atoms with Crippen molar-refractivity contribution in [1.82, 2.24) is 20.2 Å². The second-order valence-electron chi connectivity index (χ2n) is 8.03. The molecule has 0 bridgehead atoms. The molecule has 0 radical (unpaired) electrons. The van der Waals surface area contributed by atoms with Gasteiger partial charge in [0.1, 0.15) is 10.5 Å². The van der Waals surface area contributed by atoms with Gasteiger partial charge in [-0.1, -0.05) is 18.2 Å². The maximum absolute atomic E-state index is 12.7.